The quantitative estimate of drug-likeness (QED) is 0.457. The summed E-state index contributed by atoms with van der Waals surface area (Å²) in [4.78, 5) is 37.7. The van der Waals surface area contributed by atoms with Gasteiger partial charge in [0.05, 0.1) is 12.2 Å². The van der Waals surface area contributed by atoms with Crippen molar-refractivity contribution < 1.29 is 14.3 Å². The van der Waals surface area contributed by atoms with Crippen molar-refractivity contribution in [2.75, 3.05) is 11.9 Å². The number of rotatable bonds is 8. The first kappa shape index (κ1) is 21.0. The zero-order chi connectivity index (χ0) is 21.5. The number of nitrogens with zero attached hydrogens (tertiary/aromatic N) is 2. The molecule has 3 rings (SSSR count). The van der Waals surface area contributed by atoms with Crippen LogP contribution in [-0.2, 0) is 22.6 Å². The van der Waals surface area contributed by atoms with E-state index in [0.29, 0.717) is 17.8 Å². The third kappa shape index (κ3) is 4.81. The van der Waals surface area contributed by atoms with Crippen LogP contribution in [0.15, 0.2) is 65.5 Å². The molecule has 2 aromatic carbocycles. The summed E-state index contributed by atoms with van der Waals surface area (Å²) in [7, 11) is 0. The van der Waals surface area contributed by atoms with Crippen LogP contribution in [0.2, 0.25) is 0 Å². The van der Waals surface area contributed by atoms with Crippen LogP contribution in [-0.4, -0.2) is 28.1 Å². The maximum Gasteiger partial charge on any atom is 0.327 e. The van der Waals surface area contributed by atoms with E-state index in [0.717, 1.165) is 10.2 Å². The molecule has 0 spiro atoms. The van der Waals surface area contributed by atoms with Crippen LogP contribution in [0.5, 0.6) is 0 Å². The number of anilines is 1. The van der Waals surface area contributed by atoms with E-state index in [1.807, 2.05) is 48.5 Å². The van der Waals surface area contributed by atoms with Gasteiger partial charge in [-0.3, -0.25) is 14.4 Å². The summed E-state index contributed by atoms with van der Waals surface area (Å²) in [5.74, 6) is -0.868. The van der Waals surface area contributed by atoms with Crippen LogP contribution in [0.25, 0.3) is 11.3 Å². The first-order valence-corrected chi connectivity index (χ1v) is 9.66. The predicted octanol–water partition coefficient (Wildman–Crippen LogP) is 3.29. The maximum atomic E-state index is 13.1. The Hall–Kier alpha value is -3.74. The van der Waals surface area contributed by atoms with Crippen molar-refractivity contribution in [3.63, 3.8) is 0 Å². The molecule has 0 amide bonds. The Bertz CT molecular complexity index is 1090. The molecule has 1 aromatic heterocycles. The third-order valence-corrected chi connectivity index (χ3v) is 4.45. The Morgan fingerprint density at radius 3 is 2.27 bits per heavy atom. The van der Waals surface area contributed by atoms with E-state index in [1.165, 1.54) is 6.92 Å². The summed E-state index contributed by atoms with van der Waals surface area (Å²) in [6.45, 7) is 3.28. The number of benzene rings is 2. The number of carbonyl (C=O) groups excluding carboxylic acids is 2. The molecular weight excluding hydrogens is 382 g/mol. The van der Waals surface area contributed by atoms with Crippen LogP contribution in [0.3, 0.4) is 0 Å². The number of esters is 1. The van der Waals surface area contributed by atoms with E-state index in [9.17, 15) is 14.4 Å². The van der Waals surface area contributed by atoms with Crippen LogP contribution in [0.4, 0.5) is 5.69 Å². The summed E-state index contributed by atoms with van der Waals surface area (Å²) in [5.41, 5.74) is 1.71. The Balaban J connectivity index is 2.14. The molecule has 0 unspecified atom stereocenters. The Kier molecular flexibility index (Phi) is 6.75. The van der Waals surface area contributed by atoms with Crippen LogP contribution in [0, 0.1) is 0 Å². The zero-order valence-corrected chi connectivity index (χ0v) is 16.9. The van der Waals surface area contributed by atoms with Crippen molar-refractivity contribution in [1.29, 1.82) is 0 Å². The van der Waals surface area contributed by atoms with Crippen molar-refractivity contribution >= 4 is 17.4 Å². The standard InChI is InChI=1S/C23H23N3O4/c1-3-30-19(28)15-26-23(29)22(24-14-17-10-6-4-7-11-17)20(16(2)27)21(25-26)18-12-8-5-9-13-18/h4-13,24H,3,14-15H2,1-2H3. The Morgan fingerprint density at radius 2 is 1.67 bits per heavy atom. The van der Waals surface area contributed by atoms with Gasteiger partial charge >= 0.3 is 5.97 Å². The molecule has 0 atom stereocenters. The second-order valence-electron chi connectivity index (χ2n) is 6.63. The maximum absolute atomic E-state index is 13.1. The average Bonchev–Trinajstić information content (AvgIpc) is 2.75. The molecule has 154 valence electrons. The lowest BCUT2D eigenvalue weighted by atomic mass is 10.0. The van der Waals surface area contributed by atoms with E-state index >= 15 is 0 Å². The first-order chi connectivity index (χ1) is 14.5. The molecule has 0 aliphatic heterocycles. The second kappa shape index (κ2) is 9.65. The third-order valence-electron chi connectivity index (χ3n) is 4.45. The fourth-order valence-corrected chi connectivity index (χ4v) is 3.10. The average molecular weight is 405 g/mol. The Labute approximate surface area is 174 Å². The van der Waals surface area contributed by atoms with Gasteiger partial charge < -0.3 is 10.1 Å². The van der Waals surface area contributed by atoms with Gasteiger partial charge in [-0.2, -0.15) is 5.10 Å². The highest BCUT2D eigenvalue weighted by Gasteiger charge is 2.23. The first-order valence-electron chi connectivity index (χ1n) is 9.66. The molecule has 0 aliphatic carbocycles. The molecule has 3 aromatic rings. The van der Waals surface area contributed by atoms with Gasteiger partial charge in [-0.1, -0.05) is 60.7 Å². The van der Waals surface area contributed by atoms with E-state index in [2.05, 4.69) is 10.4 Å². The number of ketones is 1. The normalized spacial score (nSPS) is 10.5. The zero-order valence-electron chi connectivity index (χ0n) is 16.9. The van der Waals surface area contributed by atoms with Crippen molar-refractivity contribution in [2.45, 2.75) is 26.9 Å². The molecule has 7 heteroatoms. The van der Waals surface area contributed by atoms with Gasteiger partial charge in [0.25, 0.3) is 5.56 Å². The highest BCUT2D eigenvalue weighted by molar-refractivity contribution is 6.04. The predicted molar refractivity (Wildman–Crippen MR) is 114 cm³/mol. The topological polar surface area (TPSA) is 90.3 Å². The minimum absolute atomic E-state index is 0.115. The summed E-state index contributed by atoms with van der Waals surface area (Å²) < 4.78 is 6.01. The van der Waals surface area contributed by atoms with Crippen molar-refractivity contribution in [3.05, 3.63) is 82.1 Å². The molecule has 0 bridgehead atoms. The number of aromatic nitrogens is 2. The number of hydrogen-bond acceptors (Lipinski definition) is 6. The number of carbonyl (C=O) groups is 2. The lowest BCUT2D eigenvalue weighted by molar-refractivity contribution is -0.144. The van der Waals surface area contributed by atoms with Gasteiger partial charge in [-0.25, -0.2) is 4.68 Å². The van der Waals surface area contributed by atoms with E-state index in [4.69, 9.17) is 4.74 Å². The number of ether oxygens (including phenoxy) is 1. The molecule has 0 radical (unpaired) electrons. The van der Waals surface area contributed by atoms with Gasteiger partial charge in [-0.05, 0) is 19.4 Å². The second-order valence-corrected chi connectivity index (χ2v) is 6.63. The molecule has 0 fully saturated rings. The summed E-state index contributed by atoms with van der Waals surface area (Å²) in [6, 6.07) is 18.6. The van der Waals surface area contributed by atoms with Gasteiger partial charge in [0.15, 0.2) is 5.78 Å². The largest absolute Gasteiger partial charge is 0.465 e. The van der Waals surface area contributed by atoms with Crippen LogP contribution < -0.4 is 10.9 Å². The molecule has 1 heterocycles. The molecule has 7 nitrogen and oxygen atoms in total. The van der Waals surface area contributed by atoms with Crippen LogP contribution in [0.1, 0.15) is 29.8 Å². The lowest BCUT2D eigenvalue weighted by Crippen LogP contribution is -2.32. The lowest BCUT2D eigenvalue weighted by Gasteiger charge is -2.16. The molecule has 0 aliphatic rings. The van der Waals surface area contributed by atoms with Crippen LogP contribution >= 0.6 is 0 Å². The monoisotopic (exact) mass is 405 g/mol. The van der Waals surface area contributed by atoms with Gasteiger partial charge in [0, 0.05) is 12.1 Å². The van der Waals surface area contributed by atoms with Gasteiger partial charge in [-0.15, -0.1) is 0 Å². The van der Waals surface area contributed by atoms with Crippen molar-refractivity contribution in [2.24, 2.45) is 0 Å². The fourth-order valence-electron chi connectivity index (χ4n) is 3.10. The smallest absolute Gasteiger partial charge is 0.327 e. The molecular formula is C23H23N3O4. The van der Waals surface area contributed by atoms with Crippen molar-refractivity contribution in [1.82, 2.24) is 9.78 Å². The SMILES string of the molecule is CCOC(=O)Cn1nc(-c2ccccc2)c(C(C)=O)c(NCc2ccccc2)c1=O. The molecule has 0 saturated heterocycles. The fraction of sp³-hybridized carbons (Fsp3) is 0.217. The molecule has 1 N–H and O–H groups in total. The molecule has 0 saturated carbocycles. The number of hydrogen-bond donors (Lipinski definition) is 1. The highest BCUT2D eigenvalue weighted by Crippen LogP contribution is 2.26. The summed E-state index contributed by atoms with van der Waals surface area (Å²) >= 11 is 0. The minimum atomic E-state index is -0.573. The van der Waals surface area contributed by atoms with Crippen molar-refractivity contribution in [3.8, 4) is 11.3 Å². The van der Waals surface area contributed by atoms with Gasteiger partial charge in [0.2, 0.25) is 0 Å². The highest BCUT2D eigenvalue weighted by atomic mass is 16.5. The summed E-state index contributed by atoms with van der Waals surface area (Å²) in [5, 5.41) is 7.43. The Morgan fingerprint density at radius 1 is 1.03 bits per heavy atom. The van der Waals surface area contributed by atoms with E-state index in [1.54, 1.807) is 19.1 Å². The summed E-state index contributed by atoms with van der Waals surface area (Å²) in [6.07, 6.45) is 0. The number of Topliss-reactive ketones (excluding diaryl/α,β-unsaturated/α-hetero) is 1. The van der Waals surface area contributed by atoms with Gasteiger partial charge in [0.1, 0.15) is 17.9 Å². The minimum Gasteiger partial charge on any atom is -0.465 e. The number of nitrogens with one attached hydrogen (secondary N) is 1. The molecule has 30 heavy (non-hydrogen) atoms. The van der Waals surface area contributed by atoms with E-state index < -0.39 is 11.5 Å². The van der Waals surface area contributed by atoms with E-state index in [-0.39, 0.29) is 30.2 Å².